The monoisotopic (exact) mass is 301 g/mol. The lowest BCUT2D eigenvalue weighted by atomic mass is 10.3. The molecular weight excluding hydrogens is 282 g/mol. The maximum atomic E-state index is 12.3. The molecule has 0 aliphatic rings. The molecule has 0 aliphatic carbocycles. The number of hydrogen-bond acceptors (Lipinski definition) is 5. The highest BCUT2D eigenvalue weighted by molar-refractivity contribution is 6.29. The molecule has 0 bridgehead atoms. The molecule has 1 aromatic heterocycles. The maximum absolute atomic E-state index is 12.3. The van der Waals surface area contributed by atoms with Crippen LogP contribution in [0.1, 0.15) is 24.3 Å². The second-order valence-corrected chi connectivity index (χ2v) is 4.30. The minimum Gasteiger partial charge on any atom is -0.380 e. The fraction of sp³-hybridized carbons (Fsp3) is 0.615. The Morgan fingerprint density at radius 3 is 2.20 bits per heavy atom. The molecule has 0 unspecified atom stereocenters. The Balaban J connectivity index is 2.63. The number of ether oxygens (including phenoxy) is 2. The fourth-order valence-corrected chi connectivity index (χ4v) is 1.64. The second-order valence-electron chi connectivity index (χ2n) is 3.91. The van der Waals surface area contributed by atoms with E-state index in [0.29, 0.717) is 39.5 Å². The summed E-state index contributed by atoms with van der Waals surface area (Å²) in [4.78, 5) is 21.8. The molecule has 1 amide bonds. The van der Waals surface area contributed by atoms with E-state index in [9.17, 15) is 4.79 Å². The summed E-state index contributed by atoms with van der Waals surface area (Å²) in [5.74, 6) is -0.200. The minimum absolute atomic E-state index is 0.200. The molecule has 1 aromatic rings. The van der Waals surface area contributed by atoms with Gasteiger partial charge in [0.2, 0.25) is 0 Å². The zero-order valence-electron chi connectivity index (χ0n) is 11.8. The molecule has 0 spiro atoms. The van der Waals surface area contributed by atoms with E-state index in [-0.39, 0.29) is 16.8 Å². The van der Waals surface area contributed by atoms with E-state index in [1.165, 1.54) is 12.4 Å². The third kappa shape index (κ3) is 5.81. The molecule has 6 nitrogen and oxygen atoms in total. The molecule has 0 atom stereocenters. The van der Waals surface area contributed by atoms with Gasteiger partial charge in [0.05, 0.1) is 25.6 Å². The zero-order valence-corrected chi connectivity index (χ0v) is 12.6. The van der Waals surface area contributed by atoms with E-state index in [4.69, 9.17) is 21.1 Å². The Labute approximate surface area is 124 Å². The summed E-state index contributed by atoms with van der Waals surface area (Å²) < 4.78 is 10.6. The molecule has 0 fully saturated rings. The Morgan fingerprint density at radius 1 is 1.15 bits per heavy atom. The number of aromatic nitrogens is 2. The highest BCUT2D eigenvalue weighted by Gasteiger charge is 2.17. The molecule has 0 aliphatic heterocycles. The number of halogens is 1. The zero-order chi connectivity index (χ0) is 14.8. The van der Waals surface area contributed by atoms with Crippen LogP contribution in [0.2, 0.25) is 5.15 Å². The van der Waals surface area contributed by atoms with Crippen molar-refractivity contribution in [2.75, 3.05) is 39.5 Å². The van der Waals surface area contributed by atoms with Crippen LogP contribution >= 0.6 is 11.6 Å². The van der Waals surface area contributed by atoms with E-state index in [1.54, 1.807) is 4.90 Å². The fourth-order valence-electron chi connectivity index (χ4n) is 1.54. The molecule has 112 valence electrons. The van der Waals surface area contributed by atoms with Crippen molar-refractivity contribution in [3.8, 4) is 0 Å². The van der Waals surface area contributed by atoms with E-state index in [1.807, 2.05) is 13.8 Å². The summed E-state index contributed by atoms with van der Waals surface area (Å²) in [5.41, 5.74) is 0.266. The summed E-state index contributed by atoms with van der Waals surface area (Å²) in [6.45, 7) is 7.01. The molecule has 0 aromatic carbocycles. The number of carbonyl (C=O) groups excluding carboxylic acids is 1. The summed E-state index contributed by atoms with van der Waals surface area (Å²) in [5, 5.41) is 0.261. The third-order valence-corrected chi connectivity index (χ3v) is 2.74. The molecule has 0 radical (unpaired) electrons. The van der Waals surface area contributed by atoms with Crippen LogP contribution < -0.4 is 0 Å². The topological polar surface area (TPSA) is 64.6 Å². The van der Waals surface area contributed by atoms with Gasteiger partial charge in [-0.2, -0.15) is 0 Å². The van der Waals surface area contributed by atoms with Crippen LogP contribution in [-0.2, 0) is 9.47 Å². The molecular formula is C13H20ClN3O3. The van der Waals surface area contributed by atoms with Crippen LogP contribution in [0, 0.1) is 0 Å². The van der Waals surface area contributed by atoms with E-state index >= 15 is 0 Å². The number of nitrogens with zero attached hydrogens (tertiary/aromatic N) is 3. The lowest BCUT2D eigenvalue weighted by Crippen LogP contribution is -2.37. The van der Waals surface area contributed by atoms with Gasteiger partial charge in [0.25, 0.3) is 5.91 Å². The lowest BCUT2D eigenvalue weighted by molar-refractivity contribution is 0.0545. The average molecular weight is 302 g/mol. The molecule has 0 N–H and O–H groups in total. The Kier molecular flexibility index (Phi) is 8.10. The van der Waals surface area contributed by atoms with Gasteiger partial charge in [-0.1, -0.05) is 11.6 Å². The van der Waals surface area contributed by atoms with Crippen LogP contribution in [0.25, 0.3) is 0 Å². The van der Waals surface area contributed by atoms with Crippen molar-refractivity contribution in [3.63, 3.8) is 0 Å². The van der Waals surface area contributed by atoms with E-state index < -0.39 is 0 Å². The van der Waals surface area contributed by atoms with Gasteiger partial charge in [-0.3, -0.25) is 4.79 Å². The van der Waals surface area contributed by atoms with Crippen molar-refractivity contribution in [1.29, 1.82) is 0 Å². The van der Waals surface area contributed by atoms with Gasteiger partial charge in [-0.25, -0.2) is 9.97 Å². The van der Waals surface area contributed by atoms with E-state index in [2.05, 4.69) is 9.97 Å². The normalized spacial score (nSPS) is 10.6. The van der Waals surface area contributed by atoms with Gasteiger partial charge >= 0.3 is 0 Å². The molecule has 0 saturated carbocycles. The standard InChI is InChI=1S/C13H20ClN3O3/c1-3-19-7-5-17(6-8-20-4-2)13(18)11-9-16-12(14)10-15-11/h9-10H,3-8H2,1-2H3. The van der Waals surface area contributed by atoms with Gasteiger partial charge in [0.15, 0.2) is 0 Å². The van der Waals surface area contributed by atoms with E-state index in [0.717, 1.165) is 0 Å². The Morgan fingerprint density at radius 2 is 1.75 bits per heavy atom. The van der Waals surface area contributed by atoms with Crippen LogP contribution in [0.4, 0.5) is 0 Å². The highest BCUT2D eigenvalue weighted by atomic mass is 35.5. The molecule has 1 rings (SSSR count). The maximum Gasteiger partial charge on any atom is 0.274 e. The quantitative estimate of drug-likeness (QED) is 0.649. The van der Waals surface area contributed by atoms with Crippen LogP contribution in [0.3, 0.4) is 0 Å². The first kappa shape index (κ1) is 16.8. The van der Waals surface area contributed by atoms with Crippen molar-refractivity contribution >= 4 is 17.5 Å². The van der Waals surface area contributed by atoms with Crippen molar-refractivity contribution in [1.82, 2.24) is 14.9 Å². The van der Waals surface area contributed by atoms with Crippen LogP contribution in [0.5, 0.6) is 0 Å². The minimum atomic E-state index is -0.200. The lowest BCUT2D eigenvalue weighted by Gasteiger charge is -2.22. The first-order chi connectivity index (χ1) is 9.69. The largest absolute Gasteiger partial charge is 0.380 e. The predicted octanol–water partition coefficient (Wildman–Crippen LogP) is 1.65. The van der Waals surface area contributed by atoms with Crippen molar-refractivity contribution in [2.45, 2.75) is 13.8 Å². The molecule has 1 heterocycles. The first-order valence-corrected chi connectivity index (χ1v) is 6.99. The number of hydrogen-bond donors (Lipinski definition) is 0. The Hall–Kier alpha value is -1.24. The Bertz CT molecular complexity index is 390. The van der Waals surface area contributed by atoms with Crippen LogP contribution in [0.15, 0.2) is 12.4 Å². The first-order valence-electron chi connectivity index (χ1n) is 6.61. The van der Waals surface area contributed by atoms with Gasteiger partial charge < -0.3 is 14.4 Å². The molecule has 0 saturated heterocycles. The van der Waals surface area contributed by atoms with Gasteiger partial charge in [-0.05, 0) is 13.8 Å². The number of carbonyl (C=O) groups is 1. The van der Waals surface area contributed by atoms with Crippen molar-refractivity contribution in [2.24, 2.45) is 0 Å². The van der Waals surface area contributed by atoms with Gasteiger partial charge in [0, 0.05) is 26.3 Å². The summed E-state index contributed by atoms with van der Waals surface area (Å²) >= 11 is 5.66. The summed E-state index contributed by atoms with van der Waals surface area (Å²) in [6, 6.07) is 0. The van der Waals surface area contributed by atoms with Gasteiger partial charge in [0.1, 0.15) is 10.8 Å². The average Bonchev–Trinajstić information content (AvgIpc) is 2.46. The highest BCUT2D eigenvalue weighted by Crippen LogP contribution is 2.05. The second kappa shape index (κ2) is 9.63. The van der Waals surface area contributed by atoms with Crippen molar-refractivity contribution in [3.05, 3.63) is 23.2 Å². The molecule has 20 heavy (non-hydrogen) atoms. The van der Waals surface area contributed by atoms with Crippen molar-refractivity contribution < 1.29 is 14.3 Å². The summed E-state index contributed by atoms with van der Waals surface area (Å²) in [6.07, 6.45) is 2.73. The number of amides is 1. The SMILES string of the molecule is CCOCCN(CCOCC)C(=O)c1cnc(Cl)cn1. The van der Waals surface area contributed by atoms with Gasteiger partial charge in [-0.15, -0.1) is 0 Å². The predicted molar refractivity (Wildman–Crippen MR) is 75.9 cm³/mol. The smallest absolute Gasteiger partial charge is 0.274 e. The third-order valence-electron chi connectivity index (χ3n) is 2.55. The summed E-state index contributed by atoms with van der Waals surface area (Å²) in [7, 11) is 0. The number of rotatable bonds is 9. The van der Waals surface area contributed by atoms with Crippen LogP contribution in [-0.4, -0.2) is 60.3 Å². The molecule has 7 heteroatoms.